The summed E-state index contributed by atoms with van der Waals surface area (Å²) in [5, 5.41) is 2.81. The highest BCUT2D eigenvalue weighted by molar-refractivity contribution is 8.00. The SMILES string of the molecule is CCOC(=O)COc1cccc(NC(=O)CSc2ccccc2)c1. The fraction of sp³-hybridized carbons (Fsp3) is 0.222. The number of hydrogen-bond donors (Lipinski definition) is 1. The highest BCUT2D eigenvalue weighted by Gasteiger charge is 2.06. The van der Waals surface area contributed by atoms with Gasteiger partial charge in [-0.05, 0) is 31.2 Å². The predicted molar refractivity (Wildman–Crippen MR) is 94.4 cm³/mol. The highest BCUT2D eigenvalue weighted by atomic mass is 32.2. The van der Waals surface area contributed by atoms with E-state index in [-0.39, 0.29) is 12.5 Å². The zero-order valence-corrected chi connectivity index (χ0v) is 14.2. The number of hydrogen-bond acceptors (Lipinski definition) is 5. The third kappa shape index (κ3) is 6.34. The van der Waals surface area contributed by atoms with Gasteiger partial charge in [0.1, 0.15) is 5.75 Å². The van der Waals surface area contributed by atoms with Crippen LogP contribution in [-0.2, 0) is 14.3 Å². The lowest BCUT2D eigenvalue weighted by atomic mass is 10.3. The number of anilines is 1. The van der Waals surface area contributed by atoms with E-state index in [0.29, 0.717) is 23.8 Å². The molecule has 24 heavy (non-hydrogen) atoms. The smallest absolute Gasteiger partial charge is 0.344 e. The summed E-state index contributed by atoms with van der Waals surface area (Å²) >= 11 is 1.47. The molecule has 1 amide bonds. The van der Waals surface area contributed by atoms with Crippen molar-refractivity contribution in [2.45, 2.75) is 11.8 Å². The van der Waals surface area contributed by atoms with Crippen molar-refractivity contribution in [3.63, 3.8) is 0 Å². The average molecular weight is 345 g/mol. The Labute approximate surface area is 145 Å². The fourth-order valence-corrected chi connectivity index (χ4v) is 2.59. The number of benzene rings is 2. The first kappa shape index (κ1) is 17.9. The minimum atomic E-state index is -0.425. The summed E-state index contributed by atoms with van der Waals surface area (Å²) in [6, 6.07) is 16.6. The van der Waals surface area contributed by atoms with Crippen molar-refractivity contribution in [1.82, 2.24) is 0 Å². The molecule has 0 aliphatic rings. The Kier molecular flexibility index (Phi) is 7.17. The van der Waals surface area contributed by atoms with E-state index in [4.69, 9.17) is 9.47 Å². The molecule has 0 fully saturated rings. The topological polar surface area (TPSA) is 64.6 Å². The Morgan fingerprint density at radius 1 is 1.08 bits per heavy atom. The Hall–Kier alpha value is -2.47. The van der Waals surface area contributed by atoms with Gasteiger partial charge in [0.15, 0.2) is 6.61 Å². The van der Waals surface area contributed by atoms with Gasteiger partial charge in [0.25, 0.3) is 0 Å². The molecule has 0 saturated carbocycles. The molecule has 0 bridgehead atoms. The van der Waals surface area contributed by atoms with Crippen molar-refractivity contribution >= 4 is 29.3 Å². The van der Waals surface area contributed by atoms with Crippen LogP contribution in [0.4, 0.5) is 5.69 Å². The van der Waals surface area contributed by atoms with Crippen LogP contribution in [0.1, 0.15) is 6.92 Å². The van der Waals surface area contributed by atoms with Crippen LogP contribution in [0.15, 0.2) is 59.5 Å². The number of rotatable bonds is 8. The maximum atomic E-state index is 12.0. The van der Waals surface area contributed by atoms with Gasteiger partial charge in [0.05, 0.1) is 12.4 Å². The molecule has 5 nitrogen and oxygen atoms in total. The van der Waals surface area contributed by atoms with Crippen LogP contribution in [0.3, 0.4) is 0 Å². The summed E-state index contributed by atoms with van der Waals surface area (Å²) in [6.07, 6.45) is 0. The van der Waals surface area contributed by atoms with Gasteiger partial charge >= 0.3 is 5.97 Å². The molecule has 0 spiro atoms. The van der Waals surface area contributed by atoms with Gasteiger partial charge in [-0.1, -0.05) is 24.3 Å². The molecule has 2 rings (SSSR count). The predicted octanol–water partition coefficient (Wildman–Crippen LogP) is 3.36. The normalized spacial score (nSPS) is 10.0. The first-order chi connectivity index (χ1) is 11.7. The largest absolute Gasteiger partial charge is 0.482 e. The number of ether oxygens (including phenoxy) is 2. The summed E-state index contributed by atoms with van der Waals surface area (Å²) in [4.78, 5) is 24.3. The molecular weight excluding hydrogens is 326 g/mol. The zero-order valence-electron chi connectivity index (χ0n) is 13.4. The van der Waals surface area contributed by atoms with Crippen molar-refractivity contribution in [3.8, 4) is 5.75 Å². The Morgan fingerprint density at radius 2 is 1.88 bits per heavy atom. The summed E-state index contributed by atoms with van der Waals surface area (Å²) in [5.74, 6) is 0.284. The third-order valence-corrected chi connectivity index (χ3v) is 3.90. The maximum absolute atomic E-state index is 12.0. The maximum Gasteiger partial charge on any atom is 0.344 e. The third-order valence-electron chi connectivity index (χ3n) is 2.89. The van der Waals surface area contributed by atoms with Crippen LogP contribution in [0.2, 0.25) is 0 Å². The molecule has 0 saturated heterocycles. The van der Waals surface area contributed by atoms with Gasteiger partial charge in [-0.3, -0.25) is 4.79 Å². The quantitative estimate of drug-likeness (QED) is 0.587. The van der Waals surface area contributed by atoms with E-state index in [1.807, 2.05) is 30.3 Å². The molecule has 1 N–H and O–H groups in total. The molecule has 0 heterocycles. The van der Waals surface area contributed by atoms with E-state index in [1.165, 1.54) is 11.8 Å². The van der Waals surface area contributed by atoms with Crippen molar-refractivity contribution < 1.29 is 19.1 Å². The second kappa shape index (κ2) is 9.62. The van der Waals surface area contributed by atoms with Crippen LogP contribution in [0.5, 0.6) is 5.75 Å². The second-order valence-electron chi connectivity index (χ2n) is 4.77. The van der Waals surface area contributed by atoms with E-state index in [0.717, 1.165) is 4.90 Å². The van der Waals surface area contributed by atoms with Crippen LogP contribution < -0.4 is 10.1 Å². The van der Waals surface area contributed by atoms with Crippen LogP contribution in [0.25, 0.3) is 0 Å². The molecule has 0 atom stereocenters. The van der Waals surface area contributed by atoms with E-state index in [1.54, 1.807) is 31.2 Å². The van der Waals surface area contributed by atoms with Gasteiger partial charge in [-0.2, -0.15) is 0 Å². The molecule has 2 aromatic rings. The number of carbonyl (C=O) groups excluding carboxylic acids is 2. The van der Waals surface area contributed by atoms with Gasteiger partial charge in [-0.25, -0.2) is 4.79 Å². The van der Waals surface area contributed by atoms with Crippen LogP contribution >= 0.6 is 11.8 Å². The molecular formula is C18H19NO4S. The molecule has 0 unspecified atom stereocenters. The number of amides is 1. The Bertz CT molecular complexity index is 676. The molecule has 2 aromatic carbocycles. The molecule has 0 aliphatic carbocycles. The van der Waals surface area contributed by atoms with E-state index < -0.39 is 5.97 Å². The van der Waals surface area contributed by atoms with Crippen molar-refractivity contribution in [3.05, 3.63) is 54.6 Å². The minimum Gasteiger partial charge on any atom is -0.482 e. The van der Waals surface area contributed by atoms with E-state index in [2.05, 4.69) is 5.32 Å². The molecule has 126 valence electrons. The number of nitrogens with one attached hydrogen (secondary N) is 1. The zero-order chi connectivity index (χ0) is 17.2. The van der Waals surface area contributed by atoms with Crippen LogP contribution in [0, 0.1) is 0 Å². The van der Waals surface area contributed by atoms with Crippen LogP contribution in [-0.4, -0.2) is 30.8 Å². The summed E-state index contributed by atoms with van der Waals surface area (Å²) < 4.78 is 10.1. The minimum absolute atomic E-state index is 0.105. The van der Waals surface area contributed by atoms with Gasteiger partial charge in [0.2, 0.25) is 5.91 Å². The standard InChI is InChI=1S/C18H19NO4S/c1-2-22-18(21)12-23-15-8-6-7-14(11-15)19-17(20)13-24-16-9-4-3-5-10-16/h3-11H,2,12-13H2,1H3,(H,19,20). The van der Waals surface area contributed by atoms with Gasteiger partial charge < -0.3 is 14.8 Å². The lowest BCUT2D eigenvalue weighted by Gasteiger charge is -2.09. The monoisotopic (exact) mass is 345 g/mol. The van der Waals surface area contributed by atoms with Gasteiger partial charge in [-0.15, -0.1) is 11.8 Å². The van der Waals surface area contributed by atoms with E-state index in [9.17, 15) is 9.59 Å². The summed E-state index contributed by atoms with van der Waals surface area (Å²) in [5.41, 5.74) is 0.620. The number of carbonyl (C=O) groups is 2. The molecule has 0 aromatic heterocycles. The van der Waals surface area contributed by atoms with Gasteiger partial charge in [0, 0.05) is 16.6 Å². The summed E-state index contributed by atoms with van der Waals surface area (Å²) in [7, 11) is 0. The lowest BCUT2D eigenvalue weighted by Crippen LogP contribution is -2.15. The number of thioether (sulfide) groups is 1. The lowest BCUT2D eigenvalue weighted by molar-refractivity contribution is -0.145. The molecule has 0 aliphatic heterocycles. The Morgan fingerprint density at radius 3 is 2.62 bits per heavy atom. The highest BCUT2D eigenvalue weighted by Crippen LogP contribution is 2.20. The molecule has 0 radical (unpaired) electrons. The Balaban J connectivity index is 1.82. The average Bonchev–Trinajstić information content (AvgIpc) is 2.60. The molecule has 6 heteroatoms. The van der Waals surface area contributed by atoms with Crippen molar-refractivity contribution in [1.29, 1.82) is 0 Å². The van der Waals surface area contributed by atoms with E-state index >= 15 is 0 Å². The van der Waals surface area contributed by atoms with Crippen molar-refractivity contribution in [2.24, 2.45) is 0 Å². The second-order valence-corrected chi connectivity index (χ2v) is 5.82. The first-order valence-electron chi connectivity index (χ1n) is 7.53. The number of esters is 1. The summed E-state index contributed by atoms with van der Waals surface area (Å²) in [6.45, 7) is 1.90. The first-order valence-corrected chi connectivity index (χ1v) is 8.52. The van der Waals surface area contributed by atoms with Crippen molar-refractivity contribution in [2.75, 3.05) is 24.3 Å². The fourth-order valence-electron chi connectivity index (χ4n) is 1.87.